The maximum absolute atomic E-state index is 11.2. The Morgan fingerprint density at radius 1 is 1.32 bits per heavy atom. The van der Waals surface area contributed by atoms with E-state index in [1.807, 2.05) is 0 Å². The van der Waals surface area contributed by atoms with Gasteiger partial charge in [-0.25, -0.2) is 9.59 Å². The third kappa shape index (κ3) is 2.79. The molecule has 0 aromatic carbocycles. The van der Waals surface area contributed by atoms with Crippen LogP contribution in [0.3, 0.4) is 0 Å². The lowest BCUT2D eigenvalue weighted by molar-refractivity contribution is -0.194. The molecule has 7 heteroatoms. The molecule has 0 aromatic heterocycles. The zero-order chi connectivity index (χ0) is 17.5. The Balaban J connectivity index is 3.39. The van der Waals surface area contributed by atoms with Crippen molar-refractivity contribution in [2.24, 2.45) is 17.3 Å². The third-order valence-electron chi connectivity index (χ3n) is 4.68. The molecule has 1 aliphatic carbocycles. The number of aliphatic hydroxyl groups is 3. The average molecular weight is 314 g/mol. The van der Waals surface area contributed by atoms with E-state index in [9.17, 15) is 24.9 Å². The number of carboxylic acids is 2. The minimum absolute atomic E-state index is 0.0569. The lowest BCUT2D eigenvalue weighted by Crippen LogP contribution is -2.61. The van der Waals surface area contributed by atoms with Gasteiger partial charge < -0.3 is 25.5 Å². The molecule has 6 unspecified atom stereocenters. The molecule has 6 atom stereocenters. The van der Waals surface area contributed by atoms with Gasteiger partial charge in [0.15, 0.2) is 5.60 Å². The van der Waals surface area contributed by atoms with Crippen molar-refractivity contribution in [2.45, 2.75) is 38.1 Å². The lowest BCUT2D eigenvalue weighted by Gasteiger charge is -2.51. The van der Waals surface area contributed by atoms with Crippen molar-refractivity contribution in [1.82, 2.24) is 0 Å². The molecular formula is C15H22O7. The smallest absolute Gasteiger partial charge is 0.335 e. The first kappa shape index (κ1) is 18.3. The summed E-state index contributed by atoms with van der Waals surface area (Å²) in [4.78, 5) is 22.5. The van der Waals surface area contributed by atoms with Crippen molar-refractivity contribution < 1.29 is 35.1 Å². The zero-order valence-electron chi connectivity index (χ0n) is 12.6. The van der Waals surface area contributed by atoms with Crippen molar-refractivity contribution in [2.75, 3.05) is 0 Å². The summed E-state index contributed by atoms with van der Waals surface area (Å²) < 4.78 is 0. The molecule has 1 saturated carbocycles. The Hall–Kier alpha value is -1.70. The van der Waals surface area contributed by atoms with E-state index in [0.29, 0.717) is 0 Å². The Morgan fingerprint density at radius 2 is 1.82 bits per heavy atom. The molecule has 0 radical (unpaired) electrons. The van der Waals surface area contributed by atoms with Gasteiger partial charge in [0.2, 0.25) is 0 Å². The van der Waals surface area contributed by atoms with Crippen molar-refractivity contribution in [3.8, 4) is 0 Å². The van der Waals surface area contributed by atoms with Gasteiger partial charge in [-0.1, -0.05) is 19.6 Å². The quantitative estimate of drug-likeness (QED) is 0.356. The maximum atomic E-state index is 11.2. The molecular weight excluding hydrogens is 292 g/mol. The van der Waals surface area contributed by atoms with Crippen molar-refractivity contribution in [3.63, 3.8) is 0 Å². The second kappa shape index (κ2) is 5.83. The fourth-order valence-corrected chi connectivity index (χ4v) is 3.33. The molecule has 0 aliphatic heterocycles. The standard InChI is InChI=1S/C15H22O7/c1-5-14(3)6-8(16)10(15(4,22)13(20)21)11(17)9(14)7(2)12(18)19/h5,8-11,16-17,22H,1-2,6H2,3-4H3,(H,18,19)(H,20,21). The summed E-state index contributed by atoms with van der Waals surface area (Å²) in [6, 6.07) is 0. The van der Waals surface area contributed by atoms with Crippen LogP contribution in [0.1, 0.15) is 20.3 Å². The highest BCUT2D eigenvalue weighted by Crippen LogP contribution is 2.50. The van der Waals surface area contributed by atoms with Crippen molar-refractivity contribution in [1.29, 1.82) is 0 Å². The molecule has 0 spiro atoms. The average Bonchev–Trinajstić information content (AvgIpc) is 2.37. The number of hydrogen-bond acceptors (Lipinski definition) is 5. The Labute approximate surface area is 128 Å². The van der Waals surface area contributed by atoms with Gasteiger partial charge >= 0.3 is 11.9 Å². The predicted molar refractivity (Wildman–Crippen MR) is 77.0 cm³/mol. The normalized spacial score (nSPS) is 37.9. The van der Waals surface area contributed by atoms with Crippen LogP contribution in [0, 0.1) is 17.3 Å². The Morgan fingerprint density at radius 3 is 2.18 bits per heavy atom. The van der Waals surface area contributed by atoms with E-state index >= 15 is 0 Å². The van der Waals surface area contributed by atoms with Crippen LogP contribution in [-0.4, -0.2) is 55.3 Å². The first-order valence-corrected chi connectivity index (χ1v) is 6.77. The van der Waals surface area contributed by atoms with Crippen LogP contribution < -0.4 is 0 Å². The fraction of sp³-hybridized carbons (Fsp3) is 0.600. The van der Waals surface area contributed by atoms with Crippen molar-refractivity contribution >= 4 is 11.9 Å². The largest absolute Gasteiger partial charge is 0.479 e. The van der Waals surface area contributed by atoms with Gasteiger partial charge in [-0.2, -0.15) is 0 Å². The molecule has 1 aliphatic rings. The van der Waals surface area contributed by atoms with Gasteiger partial charge in [-0.3, -0.25) is 0 Å². The molecule has 5 N–H and O–H groups in total. The highest BCUT2D eigenvalue weighted by Gasteiger charge is 2.58. The molecule has 0 aromatic rings. The summed E-state index contributed by atoms with van der Waals surface area (Å²) in [5.74, 6) is -5.50. The van der Waals surface area contributed by atoms with Crippen LogP contribution in [0.2, 0.25) is 0 Å². The molecule has 1 rings (SSSR count). The van der Waals surface area contributed by atoms with Crippen LogP contribution in [0.15, 0.2) is 24.8 Å². The predicted octanol–water partition coefficient (Wildman–Crippen LogP) is 0.0130. The molecule has 124 valence electrons. The minimum Gasteiger partial charge on any atom is -0.479 e. The van der Waals surface area contributed by atoms with Crippen LogP contribution >= 0.6 is 0 Å². The Bertz CT molecular complexity index is 510. The summed E-state index contributed by atoms with van der Waals surface area (Å²) in [6.07, 6.45) is -1.61. The summed E-state index contributed by atoms with van der Waals surface area (Å²) in [5, 5.41) is 49.1. The van der Waals surface area contributed by atoms with Crippen LogP contribution in [0.25, 0.3) is 0 Å². The third-order valence-corrected chi connectivity index (χ3v) is 4.68. The van der Waals surface area contributed by atoms with Gasteiger partial charge in [-0.15, -0.1) is 6.58 Å². The van der Waals surface area contributed by atoms with Gasteiger partial charge in [0.05, 0.1) is 18.1 Å². The number of carboxylic acid groups (broad SMARTS) is 2. The van der Waals surface area contributed by atoms with E-state index < -0.39 is 47.0 Å². The van der Waals surface area contributed by atoms with E-state index in [1.54, 1.807) is 6.92 Å². The summed E-state index contributed by atoms with van der Waals surface area (Å²) in [7, 11) is 0. The van der Waals surface area contributed by atoms with Gasteiger partial charge in [-0.05, 0) is 18.8 Å². The van der Waals surface area contributed by atoms with Gasteiger partial charge in [0, 0.05) is 11.5 Å². The lowest BCUT2D eigenvalue weighted by atomic mass is 9.56. The summed E-state index contributed by atoms with van der Waals surface area (Å²) in [6.45, 7) is 9.60. The van der Waals surface area contributed by atoms with Crippen LogP contribution in [0.4, 0.5) is 0 Å². The number of aliphatic hydroxyl groups excluding tert-OH is 2. The summed E-state index contributed by atoms with van der Waals surface area (Å²) in [5.41, 5.74) is -3.74. The van der Waals surface area contributed by atoms with Gasteiger partial charge in [0.1, 0.15) is 0 Å². The van der Waals surface area contributed by atoms with Crippen molar-refractivity contribution in [3.05, 3.63) is 24.8 Å². The highest BCUT2D eigenvalue weighted by atomic mass is 16.4. The molecule has 0 bridgehead atoms. The monoisotopic (exact) mass is 314 g/mol. The maximum Gasteiger partial charge on any atom is 0.335 e. The van der Waals surface area contributed by atoms with Gasteiger partial charge in [0.25, 0.3) is 0 Å². The number of carbonyl (C=O) groups is 2. The number of hydrogen-bond donors (Lipinski definition) is 5. The summed E-state index contributed by atoms with van der Waals surface area (Å²) >= 11 is 0. The second-order valence-corrected chi connectivity index (χ2v) is 6.26. The van der Waals surface area contributed by atoms with E-state index in [2.05, 4.69) is 13.2 Å². The molecule has 7 nitrogen and oxygen atoms in total. The van der Waals surface area contributed by atoms with E-state index in [-0.39, 0.29) is 12.0 Å². The van der Waals surface area contributed by atoms with Crippen LogP contribution in [0.5, 0.6) is 0 Å². The molecule has 1 fully saturated rings. The zero-order valence-corrected chi connectivity index (χ0v) is 12.6. The fourth-order valence-electron chi connectivity index (χ4n) is 3.33. The molecule has 0 saturated heterocycles. The van der Waals surface area contributed by atoms with E-state index in [1.165, 1.54) is 6.08 Å². The molecule has 0 heterocycles. The first-order valence-electron chi connectivity index (χ1n) is 6.77. The SMILES string of the molecule is C=CC1(C)CC(O)C(C(C)(O)C(=O)O)C(O)C1C(=C)C(=O)O. The topological polar surface area (TPSA) is 135 Å². The Kier molecular flexibility index (Phi) is 4.86. The molecule has 0 amide bonds. The number of aliphatic carboxylic acids is 2. The first-order chi connectivity index (χ1) is 9.90. The number of allylic oxidation sites excluding steroid dienone is 1. The number of rotatable bonds is 5. The minimum atomic E-state index is -2.42. The highest BCUT2D eigenvalue weighted by molar-refractivity contribution is 5.87. The van der Waals surface area contributed by atoms with E-state index in [0.717, 1.165) is 6.92 Å². The second-order valence-electron chi connectivity index (χ2n) is 6.26. The molecule has 22 heavy (non-hydrogen) atoms. The van der Waals surface area contributed by atoms with E-state index in [4.69, 9.17) is 10.2 Å². The van der Waals surface area contributed by atoms with Crippen LogP contribution in [-0.2, 0) is 9.59 Å².